The SMILES string of the molecule is NC1N=C(N2CCCCC2)c2ccccc2NC1=O. The molecular weight excluding hydrogens is 240 g/mol. The smallest absolute Gasteiger partial charge is 0.263 e. The number of hydrogen-bond donors (Lipinski definition) is 2. The summed E-state index contributed by atoms with van der Waals surface area (Å²) < 4.78 is 0. The van der Waals surface area contributed by atoms with E-state index in [-0.39, 0.29) is 5.91 Å². The summed E-state index contributed by atoms with van der Waals surface area (Å²) in [5.74, 6) is 0.598. The van der Waals surface area contributed by atoms with Crippen LogP contribution in [0.5, 0.6) is 0 Å². The molecule has 0 saturated carbocycles. The molecule has 5 heteroatoms. The highest BCUT2D eigenvalue weighted by Gasteiger charge is 2.25. The predicted molar refractivity (Wildman–Crippen MR) is 75.0 cm³/mol. The zero-order valence-electron chi connectivity index (χ0n) is 10.8. The Labute approximate surface area is 112 Å². The zero-order valence-corrected chi connectivity index (χ0v) is 10.8. The van der Waals surface area contributed by atoms with E-state index in [4.69, 9.17) is 5.73 Å². The Morgan fingerprint density at radius 1 is 1.21 bits per heavy atom. The van der Waals surface area contributed by atoms with Gasteiger partial charge in [0.25, 0.3) is 5.91 Å². The first-order valence-corrected chi connectivity index (χ1v) is 6.74. The first kappa shape index (κ1) is 12.2. The largest absolute Gasteiger partial charge is 0.356 e. The molecule has 3 N–H and O–H groups in total. The molecule has 5 nitrogen and oxygen atoms in total. The van der Waals surface area contributed by atoms with Gasteiger partial charge in [-0.05, 0) is 31.4 Å². The maximum Gasteiger partial charge on any atom is 0.263 e. The normalized spacial score (nSPS) is 23.2. The highest BCUT2D eigenvalue weighted by Crippen LogP contribution is 2.23. The number of nitrogens with one attached hydrogen (secondary N) is 1. The van der Waals surface area contributed by atoms with Crippen molar-refractivity contribution in [3.8, 4) is 0 Å². The fourth-order valence-corrected chi connectivity index (χ4v) is 2.61. The van der Waals surface area contributed by atoms with E-state index < -0.39 is 6.17 Å². The minimum Gasteiger partial charge on any atom is -0.356 e. The summed E-state index contributed by atoms with van der Waals surface area (Å²) in [5, 5.41) is 2.84. The molecule has 1 aromatic carbocycles. The van der Waals surface area contributed by atoms with Gasteiger partial charge in [-0.3, -0.25) is 4.79 Å². The Morgan fingerprint density at radius 2 is 1.95 bits per heavy atom. The second-order valence-electron chi connectivity index (χ2n) is 4.98. The van der Waals surface area contributed by atoms with Crippen LogP contribution in [0.2, 0.25) is 0 Å². The summed E-state index contributed by atoms with van der Waals surface area (Å²) in [6.45, 7) is 1.96. The topological polar surface area (TPSA) is 70.7 Å². The number of hydrogen-bond acceptors (Lipinski definition) is 4. The van der Waals surface area contributed by atoms with Crippen LogP contribution >= 0.6 is 0 Å². The maximum absolute atomic E-state index is 11.8. The Morgan fingerprint density at radius 3 is 2.74 bits per heavy atom. The molecule has 1 fully saturated rings. The summed E-state index contributed by atoms with van der Waals surface area (Å²) in [5.41, 5.74) is 7.59. The van der Waals surface area contributed by atoms with Crippen molar-refractivity contribution >= 4 is 17.4 Å². The molecule has 1 aromatic rings. The van der Waals surface area contributed by atoms with Crippen LogP contribution in [0.1, 0.15) is 24.8 Å². The summed E-state index contributed by atoms with van der Waals surface area (Å²) in [4.78, 5) is 18.5. The lowest BCUT2D eigenvalue weighted by Gasteiger charge is -2.30. The number of aliphatic imine (C=N–C) groups is 1. The molecule has 2 heterocycles. The number of carbonyl (C=O) groups is 1. The average molecular weight is 258 g/mol. The molecule has 1 unspecified atom stereocenters. The Kier molecular flexibility index (Phi) is 3.21. The molecule has 3 rings (SSSR count). The van der Waals surface area contributed by atoms with Gasteiger partial charge in [0.05, 0.1) is 5.69 Å². The molecule has 0 bridgehead atoms. The molecule has 0 spiro atoms. The number of likely N-dealkylation sites (tertiary alicyclic amines) is 1. The number of nitrogens with two attached hydrogens (primary N) is 1. The number of benzene rings is 1. The van der Waals surface area contributed by atoms with Crippen LogP contribution in [-0.2, 0) is 4.79 Å². The number of carbonyl (C=O) groups excluding carboxylic acids is 1. The average Bonchev–Trinajstić information content (AvgIpc) is 2.58. The van der Waals surface area contributed by atoms with E-state index in [2.05, 4.69) is 15.2 Å². The molecule has 100 valence electrons. The molecule has 0 aliphatic carbocycles. The van der Waals surface area contributed by atoms with Gasteiger partial charge in [-0.2, -0.15) is 0 Å². The van der Waals surface area contributed by atoms with E-state index in [0.717, 1.165) is 43.0 Å². The number of piperidine rings is 1. The van der Waals surface area contributed by atoms with Crippen LogP contribution in [0.3, 0.4) is 0 Å². The molecule has 2 aliphatic heterocycles. The molecule has 0 aromatic heterocycles. The fraction of sp³-hybridized carbons (Fsp3) is 0.429. The van der Waals surface area contributed by atoms with Gasteiger partial charge < -0.3 is 16.0 Å². The number of nitrogens with zero attached hydrogens (tertiary/aromatic N) is 2. The van der Waals surface area contributed by atoms with Crippen LogP contribution in [0, 0.1) is 0 Å². The van der Waals surface area contributed by atoms with Gasteiger partial charge in [0.15, 0.2) is 6.17 Å². The van der Waals surface area contributed by atoms with Crippen molar-refractivity contribution in [3.05, 3.63) is 29.8 Å². The fourth-order valence-electron chi connectivity index (χ4n) is 2.61. The number of fused-ring (bicyclic) bond motifs is 1. The van der Waals surface area contributed by atoms with Crippen molar-refractivity contribution in [2.45, 2.75) is 25.4 Å². The van der Waals surface area contributed by atoms with Crippen LogP contribution < -0.4 is 11.1 Å². The highest BCUT2D eigenvalue weighted by atomic mass is 16.2. The summed E-state index contributed by atoms with van der Waals surface area (Å²) in [6.07, 6.45) is 2.76. The lowest BCUT2D eigenvalue weighted by atomic mass is 10.1. The van der Waals surface area contributed by atoms with E-state index in [1.54, 1.807) is 0 Å². The third-order valence-electron chi connectivity index (χ3n) is 3.61. The number of para-hydroxylation sites is 1. The first-order chi connectivity index (χ1) is 9.25. The van der Waals surface area contributed by atoms with Crippen molar-refractivity contribution in [3.63, 3.8) is 0 Å². The predicted octanol–water partition coefficient (Wildman–Crippen LogP) is 1.16. The molecular formula is C14H18N4O. The van der Waals surface area contributed by atoms with Gasteiger partial charge in [-0.15, -0.1) is 0 Å². The number of amidine groups is 1. The van der Waals surface area contributed by atoms with E-state index in [0.29, 0.717) is 0 Å². The van der Waals surface area contributed by atoms with Crippen LogP contribution in [0.15, 0.2) is 29.3 Å². The van der Waals surface area contributed by atoms with E-state index >= 15 is 0 Å². The highest BCUT2D eigenvalue weighted by molar-refractivity contribution is 6.10. The number of anilines is 1. The molecule has 1 saturated heterocycles. The second-order valence-corrected chi connectivity index (χ2v) is 4.98. The molecule has 1 amide bonds. The van der Waals surface area contributed by atoms with Crippen molar-refractivity contribution in [1.82, 2.24) is 4.90 Å². The van der Waals surface area contributed by atoms with Gasteiger partial charge in [0.1, 0.15) is 5.84 Å². The molecule has 0 radical (unpaired) electrons. The summed E-state index contributed by atoms with van der Waals surface area (Å²) in [6, 6.07) is 7.75. The minimum absolute atomic E-state index is 0.251. The van der Waals surface area contributed by atoms with Crippen molar-refractivity contribution in [2.75, 3.05) is 18.4 Å². The maximum atomic E-state index is 11.8. The van der Waals surface area contributed by atoms with Crippen LogP contribution in [0.4, 0.5) is 5.69 Å². The quantitative estimate of drug-likeness (QED) is 0.733. The number of rotatable bonds is 0. The van der Waals surface area contributed by atoms with Crippen molar-refractivity contribution in [2.24, 2.45) is 10.7 Å². The van der Waals surface area contributed by atoms with Gasteiger partial charge in [-0.25, -0.2) is 4.99 Å². The third-order valence-corrected chi connectivity index (χ3v) is 3.61. The Hall–Kier alpha value is -1.88. The van der Waals surface area contributed by atoms with Crippen LogP contribution in [0.25, 0.3) is 0 Å². The van der Waals surface area contributed by atoms with E-state index in [1.807, 2.05) is 24.3 Å². The number of benzodiazepines with no additional fused rings is 1. The van der Waals surface area contributed by atoms with E-state index in [1.165, 1.54) is 6.42 Å². The number of amides is 1. The van der Waals surface area contributed by atoms with Gasteiger partial charge in [0, 0.05) is 18.7 Å². The Bertz CT molecular complexity index is 520. The zero-order chi connectivity index (χ0) is 13.2. The Balaban J connectivity index is 2.03. The lowest BCUT2D eigenvalue weighted by Crippen LogP contribution is -2.38. The van der Waals surface area contributed by atoms with Gasteiger partial charge >= 0.3 is 0 Å². The molecule has 19 heavy (non-hydrogen) atoms. The lowest BCUT2D eigenvalue weighted by molar-refractivity contribution is -0.117. The van der Waals surface area contributed by atoms with Crippen LogP contribution in [-0.4, -0.2) is 35.9 Å². The minimum atomic E-state index is -0.829. The second kappa shape index (κ2) is 5.01. The van der Waals surface area contributed by atoms with Crippen molar-refractivity contribution < 1.29 is 4.79 Å². The standard InChI is InChI=1S/C14H18N4O/c15-12-14(19)16-11-7-3-2-6-10(11)13(17-12)18-8-4-1-5-9-18/h2-3,6-7,12H,1,4-5,8-9,15H2,(H,16,19). The van der Waals surface area contributed by atoms with Gasteiger partial charge in [-0.1, -0.05) is 12.1 Å². The van der Waals surface area contributed by atoms with E-state index in [9.17, 15) is 4.79 Å². The van der Waals surface area contributed by atoms with Crippen molar-refractivity contribution in [1.29, 1.82) is 0 Å². The summed E-state index contributed by atoms with van der Waals surface area (Å²) >= 11 is 0. The monoisotopic (exact) mass is 258 g/mol. The van der Waals surface area contributed by atoms with Gasteiger partial charge in [0.2, 0.25) is 0 Å². The third kappa shape index (κ3) is 2.33. The summed E-state index contributed by atoms with van der Waals surface area (Å²) in [7, 11) is 0. The molecule has 2 aliphatic rings. The first-order valence-electron chi connectivity index (χ1n) is 6.74. The molecule has 1 atom stereocenters.